The van der Waals surface area contributed by atoms with Crippen LogP contribution in [0.1, 0.15) is 40.6 Å². The largest absolute Gasteiger partial charge is 0.337 e. The predicted molar refractivity (Wildman–Crippen MR) is 79.5 cm³/mol. The Morgan fingerprint density at radius 3 is 2.68 bits per heavy atom. The maximum atomic E-state index is 11.9. The predicted octanol–water partition coefficient (Wildman–Crippen LogP) is 3.77. The lowest BCUT2D eigenvalue weighted by Gasteiger charge is -2.28. The van der Waals surface area contributed by atoms with Gasteiger partial charge in [0.1, 0.15) is 5.01 Å². The van der Waals surface area contributed by atoms with Gasteiger partial charge < -0.3 is 4.57 Å². The Morgan fingerprint density at radius 2 is 2.16 bits per heavy atom. The van der Waals surface area contributed by atoms with Crippen LogP contribution < -0.4 is 0 Å². The van der Waals surface area contributed by atoms with Crippen LogP contribution in [0.2, 0.25) is 0 Å². The van der Waals surface area contributed by atoms with E-state index in [9.17, 15) is 4.79 Å². The Kier molecular flexibility index (Phi) is 3.83. The number of hydrogen-bond donors (Lipinski definition) is 0. The van der Waals surface area contributed by atoms with Crippen LogP contribution in [-0.4, -0.2) is 21.2 Å². The fourth-order valence-corrected chi connectivity index (χ4v) is 3.49. The molecule has 0 aromatic carbocycles. The molecule has 0 amide bonds. The van der Waals surface area contributed by atoms with Gasteiger partial charge in [-0.25, -0.2) is 4.98 Å². The smallest absolute Gasteiger partial charge is 0.179 e. The van der Waals surface area contributed by atoms with Crippen LogP contribution in [0.25, 0.3) is 0 Å². The van der Waals surface area contributed by atoms with Gasteiger partial charge in [0.15, 0.2) is 5.78 Å². The number of carbonyl (C=O) groups excluding carboxylic acids is 1. The average molecular weight is 297 g/mol. The van der Waals surface area contributed by atoms with Gasteiger partial charge in [-0.2, -0.15) is 0 Å². The van der Waals surface area contributed by atoms with Crippen molar-refractivity contribution < 1.29 is 4.79 Å². The van der Waals surface area contributed by atoms with Gasteiger partial charge >= 0.3 is 0 Å². The zero-order valence-electron chi connectivity index (χ0n) is 11.5. The molecular weight excluding hydrogens is 280 g/mol. The summed E-state index contributed by atoms with van der Waals surface area (Å²) < 4.78 is 2.16. The van der Waals surface area contributed by atoms with E-state index in [4.69, 9.17) is 11.6 Å². The van der Waals surface area contributed by atoms with Crippen molar-refractivity contribution in [3.63, 3.8) is 0 Å². The lowest BCUT2D eigenvalue weighted by molar-refractivity contribution is 0.102. The average Bonchev–Trinajstić information content (AvgIpc) is 2.97. The van der Waals surface area contributed by atoms with Crippen LogP contribution in [0.3, 0.4) is 0 Å². The molecular formula is C14H17ClN2OS. The van der Waals surface area contributed by atoms with Crippen molar-refractivity contribution in [1.29, 1.82) is 0 Å². The van der Waals surface area contributed by atoms with E-state index >= 15 is 0 Å². The summed E-state index contributed by atoms with van der Waals surface area (Å²) in [4.78, 5) is 16.3. The Morgan fingerprint density at radius 1 is 1.47 bits per heavy atom. The Bertz CT molecular complexity index is 599. The van der Waals surface area contributed by atoms with Gasteiger partial charge in [0, 0.05) is 28.5 Å². The van der Waals surface area contributed by atoms with Crippen LogP contribution in [0.5, 0.6) is 0 Å². The van der Waals surface area contributed by atoms with Crippen LogP contribution in [0.4, 0.5) is 0 Å². The van der Waals surface area contributed by atoms with Crippen molar-refractivity contribution in [3.8, 4) is 0 Å². The summed E-state index contributed by atoms with van der Waals surface area (Å²) in [6.45, 7) is 8.19. The molecule has 0 aliphatic carbocycles. The highest BCUT2D eigenvalue weighted by Crippen LogP contribution is 2.32. The number of aromatic nitrogens is 2. The molecule has 2 aromatic heterocycles. The van der Waals surface area contributed by atoms with Gasteiger partial charge in [-0.1, -0.05) is 0 Å². The molecule has 0 saturated carbocycles. The van der Waals surface area contributed by atoms with E-state index in [1.807, 2.05) is 25.3 Å². The molecule has 102 valence electrons. The fraction of sp³-hybridized carbons (Fsp3) is 0.429. The zero-order chi connectivity index (χ0) is 14.2. The molecule has 0 N–H and O–H groups in total. The Labute approximate surface area is 122 Å². The van der Waals surface area contributed by atoms with E-state index in [1.165, 1.54) is 0 Å². The van der Waals surface area contributed by atoms with Gasteiger partial charge in [-0.05, 0) is 33.8 Å². The first-order valence-corrected chi connectivity index (χ1v) is 7.49. The van der Waals surface area contributed by atoms with Gasteiger partial charge in [0.05, 0.1) is 11.4 Å². The van der Waals surface area contributed by atoms with Crippen LogP contribution in [0, 0.1) is 13.8 Å². The van der Waals surface area contributed by atoms with Crippen molar-refractivity contribution in [1.82, 2.24) is 9.55 Å². The van der Waals surface area contributed by atoms with Crippen molar-refractivity contribution in [2.75, 3.05) is 5.88 Å². The number of carbonyl (C=O) groups is 1. The number of Topliss-reactive ketones (excluding diaryl/α,β-unsaturated/α-hetero) is 1. The lowest BCUT2D eigenvalue weighted by atomic mass is 10.1. The van der Waals surface area contributed by atoms with E-state index in [-0.39, 0.29) is 17.2 Å². The van der Waals surface area contributed by atoms with E-state index in [0.29, 0.717) is 5.56 Å². The molecule has 19 heavy (non-hydrogen) atoms. The molecule has 0 aliphatic rings. The number of aryl methyl sites for hydroxylation is 1. The van der Waals surface area contributed by atoms with Crippen LogP contribution >= 0.6 is 22.9 Å². The summed E-state index contributed by atoms with van der Waals surface area (Å²) in [5.41, 5.74) is 2.43. The third-order valence-corrected chi connectivity index (χ3v) is 4.70. The number of thiazole rings is 1. The third-order valence-electron chi connectivity index (χ3n) is 3.37. The second-order valence-electron chi connectivity index (χ2n) is 5.07. The highest BCUT2D eigenvalue weighted by molar-refractivity contribution is 7.09. The molecule has 5 heteroatoms. The minimum absolute atomic E-state index is 0.0158. The van der Waals surface area contributed by atoms with E-state index in [2.05, 4.69) is 23.4 Å². The monoisotopic (exact) mass is 296 g/mol. The summed E-state index contributed by atoms with van der Waals surface area (Å²) in [5, 5.41) is 3.00. The number of alkyl halides is 1. The first-order valence-electron chi connectivity index (χ1n) is 6.08. The normalized spacial score (nSPS) is 11.8. The maximum Gasteiger partial charge on any atom is 0.179 e. The first kappa shape index (κ1) is 14.3. The summed E-state index contributed by atoms with van der Waals surface area (Å²) >= 11 is 7.29. The van der Waals surface area contributed by atoms with Crippen molar-refractivity contribution in [2.24, 2.45) is 0 Å². The minimum Gasteiger partial charge on any atom is -0.337 e. The number of ketones is 1. The molecule has 0 radical (unpaired) electrons. The molecule has 2 rings (SSSR count). The molecule has 0 spiro atoms. The van der Waals surface area contributed by atoms with Crippen molar-refractivity contribution in [2.45, 2.75) is 33.2 Å². The quantitative estimate of drug-likeness (QED) is 0.636. The second-order valence-corrected chi connectivity index (χ2v) is 6.24. The molecule has 0 unspecified atom stereocenters. The van der Waals surface area contributed by atoms with Crippen LogP contribution in [-0.2, 0) is 5.54 Å². The summed E-state index contributed by atoms with van der Waals surface area (Å²) in [7, 11) is 0. The molecule has 0 aliphatic heterocycles. The van der Waals surface area contributed by atoms with Gasteiger partial charge in [-0.15, -0.1) is 22.9 Å². The van der Waals surface area contributed by atoms with Gasteiger partial charge in [0.25, 0.3) is 0 Å². The summed E-state index contributed by atoms with van der Waals surface area (Å²) in [6, 6.07) is 1.91. The minimum atomic E-state index is -0.271. The number of halogens is 1. The fourth-order valence-electron chi connectivity index (χ4n) is 2.60. The van der Waals surface area contributed by atoms with Crippen molar-refractivity contribution in [3.05, 3.63) is 39.6 Å². The Hall–Kier alpha value is -1.13. The lowest BCUT2D eigenvalue weighted by Crippen LogP contribution is -2.29. The second kappa shape index (κ2) is 5.10. The topological polar surface area (TPSA) is 34.9 Å². The van der Waals surface area contributed by atoms with Gasteiger partial charge in [0.2, 0.25) is 0 Å². The highest BCUT2D eigenvalue weighted by Gasteiger charge is 2.30. The molecule has 0 bridgehead atoms. The molecule has 0 fully saturated rings. The molecule has 0 atom stereocenters. The van der Waals surface area contributed by atoms with E-state index in [1.54, 1.807) is 17.5 Å². The Balaban J connectivity index is 2.57. The van der Waals surface area contributed by atoms with E-state index in [0.717, 1.165) is 16.4 Å². The number of hydrogen-bond acceptors (Lipinski definition) is 3. The summed E-state index contributed by atoms with van der Waals surface area (Å²) in [6.07, 6.45) is 1.81. The SMILES string of the molecule is Cc1cc(C(=O)CCl)c(C)n1C(C)(C)c1nccs1. The van der Waals surface area contributed by atoms with E-state index < -0.39 is 0 Å². The highest BCUT2D eigenvalue weighted by atomic mass is 35.5. The molecule has 2 aromatic rings. The zero-order valence-corrected chi connectivity index (χ0v) is 13.1. The third kappa shape index (κ3) is 2.35. The summed E-state index contributed by atoms with van der Waals surface area (Å²) in [5.74, 6) is -0.0157. The van der Waals surface area contributed by atoms with Crippen molar-refractivity contribution >= 4 is 28.7 Å². The van der Waals surface area contributed by atoms with Gasteiger partial charge in [-0.3, -0.25) is 4.79 Å². The molecule has 0 saturated heterocycles. The number of rotatable bonds is 4. The first-order chi connectivity index (χ1) is 8.89. The molecule has 2 heterocycles. The van der Waals surface area contributed by atoms with Crippen LogP contribution in [0.15, 0.2) is 17.6 Å². The maximum absolute atomic E-state index is 11.9. The number of nitrogens with zero attached hydrogens (tertiary/aromatic N) is 2. The standard InChI is InChI=1S/C14H17ClN2OS/c1-9-7-11(12(18)8-15)10(2)17(9)14(3,4)13-16-5-6-19-13/h5-7H,8H2,1-4H3. The molecule has 3 nitrogen and oxygen atoms in total.